The molecule has 0 spiro atoms. The van der Waals surface area contributed by atoms with E-state index in [1.807, 2.05) is 42.5 Å². The van der Waals surface area contributed by atoms with Gasteiger partial charge in [0, 0.05) is 24.6 Å². The minimum atomic E-state index is -0.615. The normalized spacial score (nSPS) is 11.5. The summed E-state index contributed by atoms with van der Waals surface area (Å²) >= 11 is 0. The maximum atomic E-state index is 12.8. The molecule has 4 N–H and O–H groups in total. The average Bonchev–Trinajstić information content (AvgIpc) is 3.16. The van der Waals surface area contributed by atoms with Crippen LogP contribution in [0.4, 0.5) is 10.5 Å². The van der Waals surface area contributed by atoms with Gasteiger partial charge in [-0.15, -0.1) is 0 Å². The van der Waals surface area contributed by atoms with Crippen LogP contribution in [-0.4, -0.2) is 21.7 Å². The van der Waals surface area contributed by atoms with E-state index in [0.717, 1.165) is 11.1 Å². The number of hydrogen-bond donors (Lipinski definition) is 3. The Labute approximate surface area is 150 Å². The number of nitrogens with one attached hydrogen (secondary N) is 2. The predicted molar refractivity (Wildman–Crippen MR) is 98.3 cm³/mol. The van der Waals surface area contributed by atoms with Crippen molar-refractivity contribution in [1.29, 1.82) is 0 Å². The smallest absolute Gasteiger partial charge is 0.316 e. The topological polar surface area (TPSA) is 102 Å². The van der Waals surface area contributed by atoms with Crippen molar-refractivity contribution in [2.75, 3.05) is 5.32 Å². The molecule has 0 unspecified atom stereocenters. The molecule has 0 aliphatic rings. The van der Waals surface area contributed by atoms with Crippen LogP contribution in [0.3, 0.4) is 0 Å². The lowest BCUT2D eigenvalue weighted by molar-refractivity contribution is -0.123. The molecule has 0 saturated carbocycles. The summed E-state index contributed by atoms with van der Waals surface area (Å²) in [5.74, 6) is -0.153. The average molecular weight is 349 g/mol. The number of amides is 3. The van der Waals surface area contributed by atoms with E-state index >= 15 is 0 Å². The molecule has 3 amide bonds. The summed E-state index contributed by atoms with van der Waals surface area (Å²) < 4.78 is 1.63. The summed E-state index contributed by atoms with van der Waals surface area (Å²) in [7, 11) is 0. The molecule has 1 atom stereocenters. The molecule has 0 fully saturated rings. The van der Waals surface area contributed by atoms with Crippen LogP contribution >= 0.6 is 0 Å². The fourth-order valence-corrected chi connectivity index (χ4v) is 2.63. The van der Waals surface area contributed by atoms with Gasteiger partial charge in [0.05, 0.1) is 0 Å². The molecule has 26 heavy (non-hydrogen) atoms. The first-order valence-corrected chi connectivity index (χ1v) is 8.10. The second kappa shape index (κ2) is 7.98. The van der Waals surface area contributed by atoms with Crippen LogP contribution < -0.4 is 16.4 Å². The van der Waals surface area contributed by atoms with Gasteiger partial charge in [0.15, 0.2) is 6.04 Å². The number of nitrogens with two attached hydrogens (primary N) is 1. The zero-order valence-corrected chi connectivity index (χ0v) is 14.0. The highest BCUT2D eigenvalue weighted by molar-refractivity contribution is 5.87. The first kappa shape index (κ1) is 17.2. The van der Waals surface area contributed by atoms with Crippen molar-refractivity contribution in [3.05, 3.63) is 84.2 Å². The van der Waals surface area contributed by atoms with Crippen LogP contribution in [0.2, 0.25) is 0 Å². The summed E-state index contributed by atoms with van der Waals surface area (Å²) in [5, 5.41) is 9.64. The van der Waals surface area contributed by atoms with Crippen LogP contribution in [0.25, 0.3) is 0 Å². The van der Waals surface area contributed by atoms with Gasteiger partial charge in [-0.1, -0.05) is 42.5 Å². The summed E-state index contributed by atoms with van der Waals surface area (Å²) in [6, 6.07) is 17.2. The highest BCUT2D eigenvalue weighted by Crippen LogP contribution is 2.18. The monoisotopic (exact) mass is 349 g/mol. The fourth-order valence-electron chi connectivity index (χ4n) is 2.63. The summed E-state index contributed by atoms with van der Waals surface area (Å²) in [6.45, 7) is 0.361. The third kappa shape index (κ3) is 4.27. The Morgan fingerprint density at radius 1 is 1.04 bits per heavy atom. The molecule has 7 nitrogen and oxygen atoms in total. The number of benzene rings is 2. The maximum Gasteiger partial charge on any atom is 0.316 e. The third-order valence-electron chi connectivity index (χ3n) is 3.84. The van der Waals surface area contributed by atoms with E-state index in [4.69, 9.17) is 5.73 Å². The van der Waals surface area contributed by atoms with Crippen molar-refractivity contribution in [2.24, 2.45) is 5.73 Å². The van der Waals surface area contributed by atoms with Crippen LogP contribution in [0, 0.1) is 0 Å². The Morgan fingerprint density at radius 3 is 2.38 bits per heavy atom. The zero-order valence-electron chi connectivity index (χ0n) is 14.0. The molecule has 132 valence electrons. The lowest BCUT2D eigenvalue weighted by Crippen LogP contribution is -2.33. The Kier molecular flexibility index (Phi) is 5.28. The van der Waals surface area contributed by atoms with Gasteiger partial charge in [-0.3, -0.25) is 9.48 Å². The zero-order chi connectivity index (χ0) is 18.4. The molecule has 0 bridgehead atoms. The number of carbonyl (C=O) groups excluding carboxylic acids is 2. The Hall–Kier alpha value is -3.61. The van der Waals surface area contributed by atoms with E-state index in [1.54, 1.807) is 35.3 Å². The van der Waals surface area contributed by atoms with E-state index < -0.39 is 12.1 Å². The van der Waals surface area contributed by atoms with Crippen molar-refractivity contribution in [3.63, 3.8) is 0 Å². The van der Waals surface area contributed by atoms with Gasteiger partial charge in [0.25, 0.3) is 0 Å². The first-order chi connectivity index (χ1) is 12.6. The van der Waals surface area contributed by atoms with Crippen molar-refractivity contribution in [1.82, 2.24) is 15.1 Å². The SMILES string of the molecule is NC(=O)Nc1ccc(CNC(=O)[C@@H](c2ccccc2)n2cccn2)cc1. The van der Waals surface area contributed by atoms with Gasteiger partial charge in [0.2, 0.25) is 5.91 Å². The van der Waals surface area contributed by atoms with E-state index in [0.29, 0.717) is 12.2 Å². The molecule has 3 rings (SSSR count). The number of carbonyl (C=O) groups is 2. The standard InChI is InChI=1S/C19H19N5O2/c20-19(26)23-16-9-7-14(8-10-16)13-21-18(25)17(24-12-4-11-22-24)15-5-2-1-3-6-15/h1-12,17H,13H2,(H,21,25)(H3,20,23,26)/t17-/m1/s1. The molecule has 0 saturated heterocycles. The number of nitrogens with zero attached hydrogens (tertiary/aromatic N) is 2. The summed E-state index contributed by atoms with van der Waals surface area (Å²) in [4.78, 5) is 23.6. The van der Waals surface area contributed by atoms with E-state index in [9.17, 15) is 9.59 Å². The van der Waals surface area contributed by atoms with Crippen molar-refractivity contribution < 1.29 is 9.59 Å². The second-order valence-electron chi connectivity index (χ2n) is 5.70. The van der Waals surface area contributed by atoms with Gasteiger partial charge in [0.1, 0.15) is 0 Å². The molecular weight excluding hydrogens is 330 g/mol. The molecule has 0 aliphatic heterocycles. The van der Waals surface area contributed by atoms with Gasteiger partial charge in [-0.25, -0.2) is 4.79 Å². The largest absolute Gasteiger partial charge is 0.351 e. The molecule has 0 radical (unpaired) electrons. The number of urea groups is 1. The molecular formula is C19H19N5O2. The quantitative estimate of drug-likeness (QED) is 0.636. The summed E-state index contributed by atoms with van der Waals surface area (Å²) in [6.07, 6.45) is 3.41. The molecule has 0 aliphatic carbocycles. The maximum absolute atomic E-state index is 12.8. The number of rotatable bonds is 6. The van der Waals surface area contributed by atoms with Crippen molar-refractivity contribution in [3.8, 4) is 0 Å². The van der Waals surface area contributed by atoms with Crippen LogP contribution in [0.15, 0.2) is 73.1 Å². The number of anilines is 1. The Balaban J connectivity index is 1.70. The highest BCUT2D eigenvalue weighted by atomic mass is 16.2. The van der Waals surface area contributed by atoms with E-state index in [2.05, 4.69) is 15.7 Å². The molecule has 3 aromatic rings. The number of primary amides is 1. The highest BCUT2D eigenvalue weighted by Gasteiger charge is 2.22. The first-order valence-electron chi connectivity index (χ1n) is 8.10. The second-order valence-corrected chi connectivity index (χ2v) is 5.70. The van der Waals surface area contributed by atoms with E-state index in [-0.39, 0.29) is 5.91 Å². The van der Waals surface area contributed by atoms with E-state index in [1.165, 1.54) is 0 Å². The third-order valence-corrected chi connectivity index (χ3v) is 3.84. The summed E-state index contributed by atoms with van der Waals surface area (Å²) in [5.41, 5.74) is 7.44. The minimum absolute atomic E-state index is 0.153. The van der Waals surface area contributed by atoms with Crippen LogP contribution in [-0.2, 0) is 11.3 Å². The van der Waals surface area contributed by atoms with Crippen molar-refractivity contribution in [2.45, 2.75) is 12.6 Å². The Bertz CT molecular complexity index is 861. The molecule has 2 aromatic carbocycles. The number of hydrogen-bond acceptors (Lipinski definition) is 3. The molecule has 1 heterocycles. The Morgan fingerprint density at radius 2 is 1.77 bits per heavy atom. The van der Waals surface area contributed by atoms with Gasteiger partial charge >= 0.3 is 6.03 Å². The van der Waals surface area contributed by atoms with Crippen LogP contribution in [0.1, 0.15) is 17.2 Å². The lowest BCUT2D eigenvalue weighted by Gasteiger charge is -2.18. The minimum Gasteiger partial charge on any atom is -0.351 e. The molecule has 1 aromatic heterocycles. The van der Waals surface area contributed by atoms with Gasteiger partial charge in [-0.05, 0) is 29.3 Å². The lowest BCUT2D eigenvalue weighted by atomic mass is 10.1. The van der Waals surface area contributed by atoms with Crippen molar-refractivity contribution >= 4 is 17.6 Å². The predicted octanol–water partition coefficient (Wildman–Crippen LogP) is 2.28. The number of aromatic nitrogens is 2. The van der Waals surface area contributed by atoms with Gasteiger partial charge < -0.3 is 16.4 Å². The molecule has 7 heteroatoms. The fraction of sp³-hybridized carbons (Fsp3) is 0.105. The van der Waals surface area contributed by atoms with Gasteiger partial charge in [-0.2, -0.15) is 5.10 Å². The van der Waals surface area contributed by atoms with Crippen LogP contribution in [0.5, 0.6) is 0 Å².